The van der Waals surface area contributed by atoms with Crippen molar-refractivity contribution in [2.24, 2.45) is 10.7 Å². The summed E-state index contributed by atoms with van der Waals surface area (Å²) in [6.07, 6.45) is 1.87. The van der Waals surface area contributed by atoms with Gasteiger partial charge in [0.05, 0.1) is 6.04 Å². The molecule has 0 saturated carbocycles. The summed E-state index contributed by atoms with van der Waals surface area (Å²) in [6, 6.07) is 13.1. The van der Waals surface area contributed by atoms with Crippen LogP contribution >= 0.6 is 0 Å². The van der Waals surface area contributed by atoms with Gasteiger partial charge in [0.1, 0.15) is 11.4 Å². The Labute approximate surface area is 133 Å². The van der Waals surface area contributed by atoms with E-state index in [1.807, 2.05) is 42.5 Å². The number of nitrogens with one attached hydrogen (secondary N) is 1. The van der Waals surface area contributed by atoms with Crippen molar-refractivity contribution in [2.45, 2.75) is 13.0 Å². The first-order chi connectivity index (χ1) is 11.1. The van der Waals surface area contributed by atoms with Crippen molar-refractivity contribution in [1.29, 1.82) is 0 Å². The van der Waals surface area contributed by atoms with Crippen LogP contribution in [-0.2, 0) is 4.79 Å². The van der Waals surface area contributed by atoms with Crippen molar-refractivity contribution in [1.82, 2.24) is 0 Å². The Hall–Kier alpha value is -2.92. The third-order valence-corrected chi connectivity index (χ3v) is 3.87. The maximum atomic E-state index is 11.2. The molecule has 2 aromatic carbocycles. The number of benzene rings is 2. The topological polar surface area (TPSA) is 76.7 Å². The summed E-state index contributed by atoms with van der Waals surface area (Å²) in [4.78, 5) is 15.9. The summed E-state index contributed by atoms with van der Waals surface area (Å²) in [5.41, 5.74) is 10.4. The zero-order valence-corrected chi connectivity index (χ0v) is 12.5. The lowest BCUT2D eigenvalue weighted by molar-refractivity contribution is -0.114. The second kappa shape index (κ2) is 5.07. The number of amides is 1. The van der Waals surface area contributed by atoms with Crippen LogP contribution in [0.4, 0.5) is 11.4 Å². The second-order valence-electron chi connectivity index (χ2n) is 5.57. The zero-order valence-electron chi connectivity index (χ0n) is 12.5. The number of fused-ring (bicyclic) bond motifs is 4. The van der Waals surface area contributed by atoms with Gasteiger partial charge >= 0.3 is 0 Å². The summed E-state index contributed by atoms with van der Waals surface area (Å²) in [5.74, 6) is 1.14. The average Bonchev–Trinajstić information content (AvgIpc) is 2.53. The normalized spacial score (nSPS) is 17.7. The molecule has 0 radical (unpaired) electrons. The molecule has 0 spiro atoms. The molecule has 1 heterocycles. The van der Waals surface area contributed by atoms with Gasteiger partial charge < -0.3 is 15.8 Å². The highest BCUT2D eigenvalue weighted by Crippen LogP contribution is 2.40. The lowest BCUT2D eigenvalue weighted by Gasteiger charge is -2.27. The smallest absolute Gasteiger partial charge is 0.221 e. The van der Waals surface area contributed by atoms with Gasteiger partial charge in [-0.3, -0.25) is 4.79 Å². The summed E-state index contributed by atoms with van der Waals surface area (Å²) >= 11 is 0. The van der Waals surface area contributed by atoms with Crippen LogP contribution in [0.5, 0.6) is 5.75 Å². The van der Waals surface area contributed by atoms with E-state index in [1.165, 1.54) is 6.92 Å². The van der Waals surface area contributed by atoms with Crippen LogP contribution in [0.2, 0.25) is 0 Å². The van der Waals surface area contributed by atoms with Crippen molar-refractivity contribution in [2.75, 3.05) is 5.32 Å². The fraction of sp³-hybridized carbons (Fsp3) is 0.111. The van der Waals surface area contributed by atoms with E-state index in [0.717, 1.165) is 22.5 Å². The first-order valence-corrected chi connectivity index (χ1v) is 7.37. The van der Waals surface area contributed by atoms with Crippen LogP contribution in [0.1, 0.15) is 24.1 Å². The Balaban J connectivity index is 1.82. The number of anilines is 1. The highest BCUT2D eigenvalue weighted by atomic mass is 16.5. The number of nitrogens with two attached hydrogens (primary N) is 1. The number of aliphatic imine (C=N–C) groups is 1. The Morgan fingerprint density at radius 1 is 1.26 bits per heavy atom. The highest BCUT2D eigenvalue weighted by molar-refractivity contribution is 6.16. The fourth-order valence-corrected chi connectivity index (χ4v) is 2.87. The molecule has 1 unspecified atom stereocenters. The van der Waals surface area contributed by atoms with Gasteiger partial charge in [-0.05, 0) is 23.8 Å². The van der Waals surface area contributed by atoms with E-state index in [2.05, 4.69) is 5.32 Å². The third kappa shape index (κ3) is 2.31. The van der Waals surface area contributed by atoms with E-state index in [9.17, 15) is 4.79 Å². The Morgan fingerprint density at radius 2 is 2.09 bits per heavy atom. The predicted molar refractivity (Wildman–Crippen MR) is 89.0 cm³/mol. The molecule has 0 saturated heterocycles. The summed E-state index contributed by atoms with van der Waals surface area (Å²) in [6.45, 7) is 1.47. The van der Waals surface area contributed by atoms with Crippen LogP contribution in [-0.4, -0.2) is 11.6 Å². The number of allylic oxidation sites excluding steroid dienone is 1. The van der Waals surface area contributed by atoms with E-state index in [0.29, 0.717) is 17.2 Å². The lowest BCUT2D eigenvalue weighted by Crippen LogP contribution is -2.25. The van der Waals surface area contributed by atoms with Crippen molar-refractivity contribution < 1.29 is 9.53 Å². The van der Waals surface area contributed by atoms with E-state index in [1.54, 1.807) is 6.07 Å². The van der Waals surface area contributed by atoms with Crippen LogP contribution in [0.3, 0.4) is 0 Å². The molecule has 0 bridgehead atoms. The lowest BCUT2D eigenvalue weighted by atomic mass is 9.90. The molecule has 2 aliphatic rings. The number of carbonyl (C=O) groups is 1. The van der Waals surface area contributed by atoms with Gasteiger partial charge in [0.15, 0.2) is 11.5 Å². The maximum absolute atomic E-state index is 11.2. The SMILES string of the molecule is CC(=O)Nc1ccc2c(c1)OC1=CC(N)c3ccccc3C1=N2. The van der Waals surface area contributed by atoms with Gasteiger partial charge in [0.2, 0.25) is 5.91 Å². The van der Waals surface area contributed by atoms with E-state index in [4.69, 9.17) is 15.5 Å². The van der Waals surface area contributed by atoms with Gasteiger partial charge in [0, 0.05) is 24.2 Å². The molecule has 0 fully saturated rings. The minimum Gasteiger partial charge on any atom is -0.453 e. The zero-order chi connectivity index (χ0) is 16.0. The van der Waals surface area contributed by atoms with Gasteiger partial charge in [-0.25, -0.2) is 4.99 Å². The van der Waals surface area contributed by atoms with Crippen LogP contribution < -0.4 is 15.8 Å². The average molecular weight is 305 g/mol. The number of nitrogens with zero attached hydrogens (tertiary/aromatic N) is 1. The molecule has 5 nitrogen and oxygen atoms in total. The van der Waals surface area contributed by atoms with Gasteiger partial charge in [-0.15, -0.1) is 0 Å². The molecule has 3 N–H and O–H groups in total. The van der Waals surface area contributed by atoms with Crippen molar-refractivity contribution in [3.8, 4) is 5.75 Å². The van der Waals surface area contributed by atoms with Crippen molar-refractivity contribution >= 4 is 23.0 Å². The van der Waals surface area contributed by atoms with Crippen LogP contribution in [0.15, 0.2) is 59.3 Å². The van der Waals surface area contributed by atoms with Crippen LogP contribution in [0, 0.1) is 0 Å². The summed E-state index contributed by atoms with van der Waals surface area (Å²) in [5, 5.41) is 2.74. The van der Waals surface area contributed by atoms with Gasteiger partial charge in [-0.1, -0.05) is 24.3 Å². The fourth-order valence-electron chi connectivity index (χ4n) is 2.87. The van der Waals surface area contributed by atoms with Gasteiger partial charge in [0.25, 0.3) is 0 Å². The standard InChI is InChI=1S/C18H15N3O2/c1-10(22)20-11-6-7-15-16(8-11)23-17-9-14(19)12-4-2-3-5-13(12)18(17)21-15/h2-9,14H,19H2,1H3,(H,20,22). The third-order valence-electron chi connectivity index (χ3n) is 3.87. The summed E-state index contributed by atoms with van der Waals surface area (Å²) < 4.78 is 5.98. The first-order valence-electron chi connectivity index (χ1n) is 7.37. The molecular formula is C18H15N3O2. The number of hydrogen-bond acceptors (Lipinski definition) is 4. The molecule has 23 heavy (non-hydrogen) atoms. The van der Waals surface area contributed by atoms with E-state index < -0.39 is 0 Å². The molecule has 1 atom stereocenters. The molecule has 2 aromatic rings. The van der Waals surface area contributed by atoms with Crippen molar-refractivity contribution in [3.05, 3.63) is 65.4 Å². The number of ether oxygens (including phenoxy) is 1. The first kappa shape index (κ1) is 13.7. The molecule has 114 valence electrons. The molecule has 4 rings (SSSR count). The molecule has 1 amide bonds. The quantitative estimate of drug-likeness (QED) is 0.850. The predicted octanol–water partition coefficient (Wildman–Crippen LogP) is 3.06. The minimum atomic E-state index is -0.222. The molecule has 1 aliphatic heterocycles. The Bertz CT molecular complexity index is 884. The van der Waals surface area contributed by atoms with E-state index in [-0.39, 0.29) is 11.9 Å². The molecule has 0 aromatic heterocycles. The maximum Gasteiger partial charge on any atom is 0.221 e. The van der Waals surface area contributed by atoms with Crippen LogP contribution in [0.25, 0.3) is 0 Å². The summed E-state index contributed by atoms with van der Waals surface area (Å²) in [7, 11) is 0. The monoisotopic (exact) mass is 305 g/mol. The largest absolute Gasteiger partial charge is 0.453 e. The molecular weight excluding hydrogens is 290 g/mol. The minimum absolute atomic E-state index is 0.127. The number of carbonyl (C=O) groups excluding carboxylic acids is 1. The number of rotatable bonds is 1. The highest BCUT2D eigenvalue weighted by Gasteiger charge is 2.28. The van der Waals surface area contributed by atoms with Gasteiger partial charge in [-0.2, -0.15) is 0 Å². The Kier molecular flexibility index (Phi) is 3.02. The number of hydrogen-bond donors (Lipinski definition) is 2. The molecule has 1 aliphatic carbocycles. The Morgan fingerprint density at radius 3 is 2.91 bits per heavy atom. The van der Waals surface area contributed by atoms with E-state index >= 15 is 0 Å². The van der Waals surface area contributed by atoms with Crippen molar-refractivity contribution in [3.63, 3.8) is 0 Å². The second-order valence-corrected chi connectivity index (χ2v) is 5.57. The molecule has 5 heteroatoms.